The van der Waals surface area contributed by atoms with E-state index in [0.717, 1.165) is 19.5 Å². The summed E-state index contributed by atoms with van der Waals surface area (Å²) in [4.78, 5) is 15.5. The van der Waals surface area contributed by atoms with Crippen LogP contribution in [0.15, 0.2) is 53.4 Å². The van der Waals surface area contributed by atoms with E-state index in [0.29, 0.717) is 18.8 Å². The van der Waals surface area contributed by atoms with Crippen molar-refractivity contribution in [1.29, 1.82) is 0 Å². The number of hydrogen-bond acceptors (Lipinski definition) is 5. The number of sulfonamides is 1. The predicted molar refractivity (Wildman–Crippen MR) is 125 cm³/mol. The topological polar surface area (TPSA) is 78.9 Å². The average molecular weight is 460 g/mol. The van der Waals surface area contributed by atoms with Crippen molar-refractivity contribution < 1.29 is 17.9 Å². The molecule has 1 heterocycles. The zero-order chi connectivity index (χ0) is 23.3. The number of carbonyl (C=O) groups excluding carboxylic acids is 1. The molecular weight excluding hydrogens is 426 g/mol. The second-order valence-corrected chi connectivity index (χ2v) is 9.93. The lowest BCUT2D eigenvalue weighted by Gasteiger charge is -2.25. The van der Waals surface area contributed by atoms with Gasteiger partial charge in [-0.3, -0.25) is 9.69 Å². The maximum Gasteiger partial charge on any atom is 0.255 e. The molecule has 2 aromatic carbocycles. The molecule has 8 heteroatoms. The summed E-state index contributed by atoms with van der Waals surface area (Å²) in [5.41, 5.74) is 1.48. The number of rotatable bonds is 9. The Balaban J connectivity index is 1.75. The second kappa shape index (κ2) is 10.5. The van der Waals surface area contributed by atoms with Gasteiger partial charge in [-0.25, -0.2) is 8.42 Å². The van der Waals surface area contributed by atoms with Crippen LogP contribution < -0.4 is 10.1 Å². The largest absolute Gasteiger partial charge is 0.496 e. The molecule has 2 aromatic rings. The van der Waals surface area contributed by atoms with E-state index in [1.54, 1.807) is 19.9 Å². The van der Waals surface area contributed by atoms with Crippen LogP contribution in [0.1, 0.15) is 49.2 Å². The van der Waals surface area contributed by atoms with Crippen molar-refractivity contribution in [2.24, 2.45) is 0 Å². The molecule has 0 radical (unpaired) electrons. The molecule has 0 aliphatic carbocycles. The molecule has 2 atom stereocenters. The SMILES string of the molecule is CCN(CC)S(=O)(=O)c1ccc(OC)c(C(=O)NC2CCN(C(C)c3ccccc3)C2)c1. The third-order valence-electron chi connectivity index (χ3n) is 6.14. The summed E-state index contributed by atoms with van der Waals surface area (Å²) in [5, 5.41) is 3.07. The quantitative estimate of drug-likeness (QED) is 0.623. The van der Waals surface area contributed by atoms with Gasteiger partial charge in [-0.05, 0) is 37.1 Å². The first kappa shape index (κ1) is 24.2. The van der Waals surface area contributed by atoms with E-state index in [4.69, 9.17) is 4.74 Å². The average Bonchev–Trinajstić information content (AvgIpc) is 3.27. The van der Waals surface area contributed by atoms with E-state index in [9.17, 15) is 13.2 Å². The first-order valence-corrected chi connectivity index (χ1v) is 12.5. The van der Waals surface area contributed by atoms with Gasteiger partial charge in [0.05, 0.1) is 17.6 Å². The van der Waals surface area contributed by atoms with Gasteiger partial charge in [0.1, 0.15) is 5.75 Å². The van der Waals surface area contributed by atoms with Gasteiger partial charge in [-0.15, -0.1) is 0 Å². The highest BCUT2D eigenvalue weighted by molar-refractivity contribution is 7.89. The van der Waals surface area contributed by atoms with Gasteiger partial charge < -0.3 is 10.1 Å². The summed E-state index contributed by atoms with van der Waals surface area (Å²) in [6.45, 7) is 8.11. The molecule has 3 rings (SSSR count). The lowest BCUT2D eigenvalue weighted by molar-refractivity contribution is 0.0933. The Labute approximate surface area is 191 Å². The number of nitrogens with one attached hydrogen (secondary N) is 1. The second-order valence-electron chi connectivity index (χ2n) is 7.99. The molecule has 0 spiro atoms. The molecule has 1 amide bonds. The van der Waals surface area contributed by atoms with Crippen molar-refractivity contribution in [3.63, 3.8) is 0 Å². The highest BCUT2D eigenvalue weighted by Gasteiger charge is 2.29. The summed E-state index contributed by atoms with van der Waals surface area (Å²) < 4.78 is 32.5. The molecule has 7 nitrogen and oxygen atoms in total. The Morgan fingerprint density at radius 1 is 1.19 bits per heavy atom. The molecule has 1 saturated heterocycles. The molecule has 32 heavy (non-hydrogen) atoms. The first-order valence-electron chi connectivity index (χ1n) is 11.1. The van der Waals surface area contributed by atoms with Crippen LogP contribution in [0.2, 0.25) is 0 Å². The number of methoxy groups -OCH3 is 1. The standard InChI is InChI=1S/C24H33N3O4S/c1-5-27(6-2)32(29,30)21-12-13-23(31-4)22(16-21)24(28)25-20-14-15-26(17-20)18(3)19-10-8-7-9-11-19/h7-13,16,18,20H,5-6,14-15,17H2,1-4H3,(H,25,28). The summed E-state index contributed by atoms with van der Waals surface area (Å²) in [7, 11) is -2.19. The Hall–Kier alpha value is -2.42. The monoisotopic (exact) mass is 459 g/mol. The normalized spacial score (nSPS) is 18.0. The van der Waals surface area contributed by atoms with Gasteiger partial charge in [-0.2, -0.15) is 4.31 Å². The fourth-order valence-corrected chi connectivity index (χ4v) is 5.68. The number of ether oxygens (including phenoxy) is 1. The van der Waals surface area contributed by atoms with Crippen molar-refractivity contribution in [3.05, 3.63) is 59.7 Å². The van der Waals surface area contributed by atoms with Crippen molar-refractivity contribution in [2.45, 2.75) is 44.2 Å². The number of hydrogen-bond donors (Lipinski definition) is 1. The smallest absolute Gasteiger partial charge is 0.255 e. The number of carbonyl (C=O) groups is 1. The number of nitrogens with zero attached hydrogens (tertiary/aromatic N) is 2. The molecular formula is C24H33N3O4S. The van der Waals surface area contributed by atoms with E-state index in [-0.39, 0.29) is 28.4 Å². The van der Waals surface area contributed by atoms with Gasteiger partial charge in [0.15, 0.2) is 0 Å². The van der Waals surface area contributed by atoms with Gasteiger partial charge in [-0.1, -0.05) is 44.2 Å². The van der Waals surface area contributed by atoms with Crippen molar-refractivity contribution in [2.75, 3.05) is 33.3 Å². The van der Waals surface area contributed by atoms with Gasteiger partial charge >= 0.3 is 0 Å². The fraction of sp³-hybridized carbons (Fsp3) is 0.458. The molecule has 1 aliphatic heterocycles. The van der Waals surface area contributed by atoms with Crippen LogP contribution in [0, 0.1) is 0 Å². The summed E-state index contributed by atoms with van der Waals surface area (Å²) in [6, 6.07) is 15.0. The zero-order valence-electron chi connectivity index (χ0n) is 19.2. The van der Waals surface area contributed by atoms with E-state index < -0.39 is 10.0 Å². The molecule has 174 valence electrons. The third kappa shape index (κ3) is 5.14. The van der Waals surface area contributed by atoms with E-state index in [1.165, 1.54) is 29.1 Å². The minimum atomic E-state index is -3.67. The maximum absolute atomic E-state index is 13.1. The Kier molecular flexibility index (Phi) is 7.92. The highest BCUT2D eigenvalue weighted by atomic mass is 32.2. The van der Waals surface area contributed by atoms with E-state index in [2.05, 4.69) is 29.3 Å². The Bertz CT molecular complexity index is 1020. The van der Waals surface area contributed by atoms with Crippen LogP contribution in [0.4, 0.5) is 0 Å². The molecule has 0 bridgehead atoms. The maximum atomic E-state index is 13.1. The van der Waals surface area contributed by atoms with Crippen LogP contribution in [-0.4, -0.2) is 62.9 Å². The first-order chi connectivity index (χ1) is 15.3. The van der Waals surface area contributed by atoms with Gasteiger partial charge in [0, 0.05) is 38.3 Å². The highest BCUT2D eigenvalue weighted by Crippen LogP contribution is 2.27. The van der Waals surface area contributed by atoms with Crippen LogP contribution in [-0.2, 0) is 10.0 Å². The van der Waals surface area contributed by atoms with E-state index in [1.807, 2.05) is 18.2 Å². The number of benzene rings is 2. The predicted octanol–water partition coefficient (Wildman–Crippen LogP) is 3.29. The van der Waals surface area contributed by atoms with Crippen molar-refractivity contribution in [3.8, 4) is 5.75 Å². The minimum Gasteiger partial charge on any atom is -0.496 e. The van der Waals surface area contributed by atoms with Crippen LogP contribution >= 0.6 is 0 Å². The molecule has 1 fully saturated rings. The van der Waals surface area contributed by atoms with Crippen LogP contribution in [0.5, 0.6) is 5.75 Å². The molecule has 1 N–H and O–H groups in total. The molecule has 0 saturated carbocycles. The van der Waals surface area contributed by atoms with E-state index >= 15 is 0 Å². The number of likely N-dealkylation sites (tertiary alicyclic amines) is 1. The van der Waals surface area contributed by atoms with Gasteiger partial charge in [0.2, 0.25) is 10.0 Å². The summed E-state index contributed by atoms with van der Waals surface area (Å²) in [5.74, 6) is 0.0335. The zero-order valence-corrected chi connectivity index (χ0v) is 20.1. The Morgan fingerprint density at radius 2 is 1.88 bits per heavy atom. The molecule has 0 aromatic heterocycles. The van der Waals surface area contributed by atoms with Crippen molar-refractivity contribution in [1.82, 2.24) is 14.5 Å². The minimum absolute atomic E-state index is 0.0126. The summed E-state index contributed by atoms with van der Waals surface area (Å²) >= 11 is 0. The third-order valence-corrected chi connectivity index (χ3v) is 8.19. The lowest BCUT2D eigenvalue weighted by Crippen LogP contribution is -2.38. The molecule has 2 unspecified atom stereocenters. The molecule has 1 aliphatic rings. The Morgan fingerprint density at radius 3 is 2.50 bits per heavy atom. The van der Waals surface area contributed by atoms with Crippen LogP contribution in [0.3, 0.4) is 0 Å². The lowest BCUT2D eigenvalue weighted by atomic mass is 10.1. The summed E-state index contributed by atoms with van der Waals surface area (Å²) in [6.07, 6.45) is 0.836. The van der Waals surface area contributed by atoms with Gasteiger partial charge in [0.25, 0.3) is 5.91 Å². The fourth-order valence-electron chi connectivity index (χ4n) is 4.20. The van der Waals surface area contributed by atoms with Crippen molar-refractivity contribution >= 4 is 15.9 Å². The van der Waals surface area contributed by atoms with Crippen LogP contribution in [0.25, 0.3) is 0 Å². The number of amides is 1.